The summed E-state index contributed by atoms with van der Waals surface area (Å²) in [5, 5.41) is 0.176. The van der Waals surface area contributed by atoms with Crippen LogP contribution in [0.2, 0.25) is 0 Å². The highest BCUT2D eigenvalue weighted by atomic mass is 32.2. The summed E-state index contributed by atoms with van der Waals surface area (Å²) in [6, 6.07) is 10.8. The number of β-lactam (4-membered cyclic amide) rings is 1. The number of carbonyl (C=O) groups excluding carboxylic acids is 1. The average Bonchev–Trinajstić information content (AvgIpc) is 2.34. The van der Waals surface area contributed by atoms with Crippen LogP contribution in [0.4, 0.5) is 0 Å². The van der Waals surface area contributed by atoms with Crippen molar-refractivity contribution in [3.05, 3.63) is 35.9 Å². The Bertz CT molecular complexity index is 365. The molecule has 0 saturated carbocycles. The van der Waals surface area contributed by atoms with Crippen LogP contribution < -0.4 is 0 Å². The van der Waals surface area contributed by atoms with E-state index in [0.29, 0.717) is 6.04 Å². The Labute approximate surface area is 101 Å². The van der Waals surface area contributed by atoms with Crippen LogP contribution in [-0.2, 0) is 11.2 Å². The molecular weight excluding hydrogens is 218 g/mol. The minimum Gasteiger partial charge on any atom is -0.340 e. The van der Waals surface area contributed by atoms with Gasteiger partial charge in [0.15, 0.2) is 0 Å². The van der Waals surface area contributed by atoms with Gasteiger partial charge in [-0.25, -0.2) is 0 Å². The lowest BCUT2D eigenvalue weighted by atomic mass is 9.95. The van der Waals surface area contributed by atoms with Crippen molar-refractivity contribution < 1.29 is 4.79 Å². The van der Waals surface area contributed by atoms with Crippen LogP contribution in [0.15, 0.2) is 30.3 Å². The van der Waals surface area contributed by atoms with Crippen molar-refractivity contribution in [2.45, 2.75) is 24.6 Å². The third-order valence-electron chi connectivity index (χ3n) is 3.07. The second kappa shape index (κ2) is 4.91. The van der Waals surface area contributed by atoms with Gasteiger partial charge in [0.2, 0.25) is 5.91 Å². The second-order valence-corrected chi connectivity index (χ2v) is 5.50. The summed E-state index contributed by atoms with van der Waals surface area (Å²) < 4.78 is 0. The Morgan fingerprint density at radius 2 is 2.00 bits per heavy atom. The summed E-state index contributed by atoms with van der Waals surface area (Å²) in [5.41, 5.74) is 1.31. The zero-order valence-corrected chi connectivity index (χ0v) is 10.5. The highest BCUT2D eigenvalue weighted by molar-refractivity contribution is 8.00. The van der Waals surface area contributed by atoms with Gasteiger partial charge in [-0.15, -0.1) is 11.8 Å². The fraction of sp³-hybridized carbons (Fsp3) is 0.462. The first-order valence-electron chi connectivity index (χ1n) is 5.66. The Morgan fingerprint density at radius 1 is 1.31 bits per heavy atom. The van der Waals surface area contributed by atoms with Crippen molar-refractivity contribution in [1.29, 1.82) is 0 Å². The molecule has 0 radical (unpaired) electrons. The van der Waals surface area contributed by atoms with Crippen molar-refractivity contribution in [3.63, 3.8) is 0 Å². The van der Waals surface area contributed by atoms with E-state index >= 15 is 0 Å². The molecule has 2 rings (SSSR count). The molecule has 3 heteroatoms. The third kappa shape index (κ3) is 2.09. The van der Waals surface area contributed by atoms with E-state index in [9.17, 15) is 4.79 Å². The minimum atomic E-state index is 0.176. The van der Waals surface area contributed by atoms with Crippen LogP contribution in [0.3, 0.4) is 0 Å². The van der Waals surface area contributed by atoms with Crippen LogP contribution in [0, 0.1) is 0 Å². The van der Waals surface area contributed by atoms with Crippen molar-refractivity contribution in [1.82, 2.24) is 4.90 Å². The van der Waals surface area contributed by atoms with Gasteiger partial charge < -0.3 is 4.90 Å². The Hall–Kier alpha value is -0.960. The SMILES string of the molecule is CCS[C@@H]1C(=O)N(C)[C@@H]1Cc1ccccc1. The van der Waals surface area contributed by atoms with Gasteiger partial charge >= 0.3 is 0 Å². The van der Waals surface area contributed by atoms with Crippen LogP contribution >= 0.6 is 11.8 Å². The van der Waals surface area contributed by atoms with Gasteiger partial charge in [0, 0.05) is 7.05 Å². The third-order valence-corrected chi connectivity index (χ3v) is 4.28. The molecule has 2 atom stereocenters. The number of nitrogens with zero attached hydrogens (tertiary/aromatic N) is 1. The Kier molecular flexibility index (Phi) is 3.54. The van der Waals surface area contributed by atoms with Crippen LogP contribution in [0.5, 0.6) is 0 Å². The van der Waals surface area contributed by atoms with Gasteiger partial charge in [-0.2, -0.15) is 0 Å². The standard InChI is InChI=1S/C13H17NOS/c1-3-16-12-11(14(2)13(12)15)9-10-7-5-4-6-8-10/h4-8,11-12H,3,9H2,1-2H3/t11-,12+/m1/s1. The Morgan fingerprint density at radius 3 is 2.62 bits per heavy atom. The molecule has 1 aromatic carbocycles. The van der Waals surface area contributed by atoms with E-state index in [1.807, 2.05) is 18.0 Å². The molecule has 1 aliphatic rings. The maximum Gasteiger partial charge on any atom is 0.237 e. The molecule has 0 aromatic heterocycles. The number of hydrogen-bond donors (Lipinski definition) is 0. The lowest BCUT2D eigenvalue weighted by Crippen LogP contribution is -2.62. The van der Waals surface area contributed by atoms with Gasteiger partial charge in [0.1, 0.15) is 5.25 Å². The van der Waals surface area contributed by atoms with E-state index in [-0.39, 0.29) is 11.2 Å². The van der Waals surface area contributed by atoms with Gasteiger partial charge in [0.05, 0.1) is 6.04 Å². The number of likely N-dealkylation sites (tertiary alicyclic amines) is 1. The summed E-state index contributed by atoms with van der Waals surface area (Å²) in [4.78, 5) is 13.5. The number of carbonyl (C=O) groups is 1. The smallest absolute Gasteiger partial charge is 0.237 e. The molecule has 1 saturated heterocycles. The molecule has 2 nitrogen and oxygen atoms in total. The number of hydrogen-bond acceptors (Lipinski definition) is 2. The van der Waals surface area contributed by atoms with Crippen LogP contribution in [0.1, 0.15) is 12.5 Å². The fourth-order valence-electron chi connectivity index (χ4n) is 2.11. The summed E-state index contributed by atoms with van der Waals surface area (Å²) in [5.74, 6) is 1.29. The highest BCUT2D eigenvalue weighted by Crippen LogP contribution is 2.31. The van der Waals surface area contributed by atoms with Crippen LogP contribution in [-0.4, -0.2) is 34.9 Å². The predicted octanol–water partition coefficient (Wildman–Crippen LogP) is 2.19. The number of thioether (sulfide) groups is 1. The lowest BCUT2D eigenvalue weighted by molar-refractivity contribution is -0.142. The lowest BCUT2D eigenvalue weighted by Gasteiger charge is -2.44. The second-order valence-electron chi connectivity index (χ2n) is 4.08. The van der Waals surface area contributed by atoms with E-state index in [1.165, 1.54) is 5.56 Å². The average molecular weight is 235 g/mol. The molecule has 0 spiro atoms. The number of rotatable bonds is 4. The van der Waals surface area contributed by atoms with Gasteiger partial charge in [-0.3, -0.25) is 4.79 Å². The first-order chi connectivity index (χ1) is 7.74. The number of likely N-dealkylation sites (N-methyl/N-ethyl adjacent to an activating group) is 1. The molecule has 16 heavy (non-hydrogen) atoms. The monoisotopic (exact) mass is 235 g/mol. The van der Waals surface area contributed by atoms with Crippen molar-refractivity contribution in [3.8, 4) is 0 Å². The Balaban J connectivity index is 2.01. The molecule has 0 unspecified atom stereocenters. The number of benzene rings is 1. The predicted molar refractivity (Wildman–Crippen MR) is 68.6 cm³/mol. The van der Waals surface area contributed by atoms with Crippen LogP contribution in [0.25, 0.3) is 0 Å². The van der Waals surface area contributed by atoms with E-state index in [0.717, 1.165) is 12.2 Å². The van der Waals surface area contributed by atoms with E-state index < -0.39 is 0 Å². The topological polar surface area (TPSA) is 20.3 Å². The normalized spacial score (nSPS) is 24.4. The molecule has 1 heterocycles. The minimum absolute atomic E-state index is 0.176. The summed E-state index contributed by atoms with van der Waals surface area (Å²) in [6.07, 6.45) is 0.973. The van der Waals surface area contributed by atoms with E-state index in [1.54, 1.807) is 11.8 Å². The first kappa shape index (κ1) is 11.5. The summed E-state index contributed by atoms with van der Waals surface area (Å²) in [6.45, 7) is 2.11. The maximum atomic E-state index is 11.7. The van der Waals surface area contributed by atoms with Gasteiger partial charge in [-0.1, -0.05) is 37.3 Å². The molecule has 1 amide bonds. The van der Waals surface area contributed by atoms with Gasteiger partial charge in [0.25, 0.3) is 0 Å². The molecule has 1 aromatic rings. The molecule has 86 valence electrons. The zero-order valence-electron chi connectivity index (χ0n) is 9.72. The van der Waals surface area contributed by atoms with E-state index in [4.69, 9.17) is 0 Å². The molecule has 0 aliphatic carbocycles. The summed E-state index contributed by atoms with van der Waals surface area (Å²) in [7, 11) is 1.91. The number of amides is 1. The van der Waals surface area contributed by atoms with Crippen molar-refractivity contribution in [2.75, 3.05) is 12.8 Å². The van der Waals surface area contributed by atoms with Crippen molar-refractivity contribution >= 4 is 17.7 Å². The molecule has 0 N–H and O–H groups in total. The largest absolute Gasteiger partial charge is 0.340 e. The van der Waals surface area contributed by atoms with Gasteiger partial charge in [-0.05, 0) is 17.7 Å². The zero-order chi connectivity index (χ0) is 11.5. The maximum absolute atomic E-state index is 11.7. The summed E-state index contributed by atoms with van der Waals surface area (Å²) >= 11 is 1.77. The van der Waals surface area contributed by atoms with Crippen molar-refractivity contribution in [2.24, 2.45) is 0 Å². The fourth-order valence-corrected chi connectivity index (χ4v) is 3.28. The highest BCUT2D eigenvalue weighted by Gasteiger charge is 2.44. The molecule has 0 bridgehead atoms. The van der Waals surface area contributed by atoms with E-state index in [2.05, 4.69) is 31.2 Å². The molecular formula is C13H17NOS. The molecule has 1 aliphatic heterocycles. The molecule has 1 fully saturated rings. The first-order valence-corrected chi connectivity index (χ1v) is 6.71. The quantitative estimate of drug-likeness (QED) is 0.746.